The van der Waals surface area contributed by atoms with Crippen LogP contribution in [0.25, 0.3) is 0 Å². The van der Waals surface area contributed by atoms with Gasteiger partial charge in [0.25, 0.3) is 5.91 Å². The number of ether oxygens (including phenoxy) is 1. The molecule has 136 valence electrons. The average molecular weight is 379 g/mol. The molecule has 0 aromatic heterocycles. The zero-order valence-electron chi connectivity index (χ0n) is 13.7. The number of rotatable bonds is 6. The maximum atomic E-state index is 13.2. The number of esters is 1. The highest BCUT2D eigenvalue weighted by Gasteiger charge is 2.24. The van der Waals surface area contributed by atoms with Crippen molar-refractivity contribution in [3.63, 3.8) is 0 Å². The summed E-state index contributed by atoms with van der Waals surface area (Å²) in [4.78, 5) is 36.1. The van der Waals surface area contributed by atoms with Crippen LogP contribution < -0.4 is 5.32 Å². The van der Waals surface area contributed by atoms with Gasteiger partial charge in [0.1, 0.15) is 17.7 Å². The number of hydrogen-bond acceptors (Lipinski definition) is 5. The van der Waals surface area contributed by atoms with Crippen LogP contribution in [0.5, 0.6) is 0 Å². The van der Waals surface area contributed by atoms with Crippen LogP contribution in [0.1, 0.15) is 20.7 Å². The van der Waals surface area contributed by atoms with Gasteiger partial charge in [-0.3, -0.25) is 9.59 Å². The van der Waals surface area contributed by atoms with E-state index in [0.29, 0.717) is 0 Å². The first-order valence-corrected chi connectivity index (χ1v) is 8.46. The van der Waals surface area contributed by atoms with Gasteiger partial charge in [0.05, 0.1) is 7.11 Å². The number of nitrogens with one attached hydrogen (secondary N) is 1. The second kappa shape index (κ2) is 9.10. The lowest BCUT2D eigenvalue weighted by molar-refractivity contribution is -0.142. The maximum absolute atomic E-state index is 13.2. The van der Waals surface area contributed by atoms with Crippen LogP contribution in [0.2, 0.25) is 0 Å². The Morgan fingerprint density at radius 2 is 1.62 bits per heavy atom. The highest BCUT2D eigenvalue weighted by atomic mass is 32.2. The Balaban J connectivity index is 2.04. The number of carbonyl (C=O) groups is 3. The normalized spacial score (nSPS) is 11.5. The van der Waals surface area contributed by atoms with Gasteiger partial charge in [0, 0.05) is 16.9 Å². The standard InChI is InChI=1S/C18H15F2NO4S/c1-25-17(23)15(21-16(22)11-4-2-6-13(19)8-11)10-26-18(24)12-5-3-7-14(20)9-12/h2-9,15H,10H2,1H3,(H,21,22)/t15-/m0/s1. The number of thioether (sulfide) groups is 1. The summed E-state index contributed by atoms with van der Waals surface area (Å²) in [6.45, 7) is 0. The molecule has 0 aliphatic carbocycles. The summed E-state index contributed by atoms with van der Waals surface area (Å²) in [5.74, 6) is -2.71. The van der Waals surface area contributed by atoms with E-state index in [9.17, 15) is 23.2 Å². The van der Waals surface area contributed by atoms with Crippen LogP contribution in [-0.4, -0.2) is 35.9 Å². The smallest absolute Gasteiger partial charge is 0.329 e. The molecule has 0 radical (unpaired) electrons. The Hall–Kier alpha value is -2.74. The van der Waals surface area contributed by atoms with E-state index in [1.165, 1.54) is 36.4 Å². The molecule has 8 heteroatoms. The third-order valence-electron chi connectivity index (χ3n) is 3.32. The Morgan fingerprint density at radius 1 is 1.04 bits per heavy atom. The van der Waals surface area contributed by atoms with Gasteiger partial charge < -0.3 is 10.1 Å². The molecular formula is C18H15F2NO4S. The lowest BCUT2D eigenvalue weighted by atomic mass is 10.2. The molecule has 2 aromatic rings. The van der Waals surface area contributed by atoms with Crippen LogP contribution in [0, 0.1) is 11.6 Å². The van der Waals surface area contributed by atoms with Crippen molar-refractivity contribution < 1.29 is 27.9 Å². The molecule has 0 fully saturated rings. The summed E-state index contributed by atoms with van der Waals surface area (Å²) in [5, 5.41) is 1.94. The van der Waals surface area contributed by atoms with Crippen LogP contribution >= 0.6 is 11.8 Å². The Kier molecular flexibility index (Phi) is 6.85. The summed E-state index contributed by atoms with van der Waals surface area (Å²) in [7, 11) is 1.14. The molecule has 1 amide bonds. The van der Waals surface area contributed by atoms with Crippen LogP contribution in [-0.2, 0) is 9.53 Å². The molecular weight excluding hydrogens is 364 g/mol. The Morgan fingerprint density at radius 3 is 2.19 bits per heavy atom. The molecule has 1 atom stereocenters. The van der Waals surface area contributed by atoms with Gasteiger partial charge in [0.15, 0.2) is 0 Å². The Labute approximate surface area is 152 Å². The topological polar surface area (TPSA) is 72.5 Å². The van der Waals surface area contributed by atoms with Crippen molar-refractivity contribution in [2.75, 3.05) is 12.9 Å². The van der Waals surface area contributed by atoms with Crippen LogP contribution in [0.4, 0.5) is 8.78 Å². The molecule has 0 spiro atoms. The monoisotopic (exact) mass is 379 g/mol. The fraction of sp³-hybridized carbons (Fsp3) is 0.167. The molecule has 0 saturated carbocycles. The summed E-state index contributed by atoms with van der Waals surface area (Å²) in [5.41, 5.74) is 0.162. The van der Waals surface area contributed by atoms with Crippen LogP contribution in [0.3, 0.4) is 0 Å². The number of halogens is 2. The largest absolute Gasteiger partial charge is 0.467 e. The summed E-state index contributed by atoms with van der Waals surface area (Å²) in [6, 6.07) is 8.95. The molecule has 5 nitrogen and oxygen atoms in total. The molecule has 0 bridgehead atoms. The predicted octanol–water partition coefficient (Wildman–Crippen LogP) is 2.81. The van der Waals surface area contributed by atoms with Crippen molar-refractivity contribution in [1.82, 2.24) is 5.32 Å². The predicted molar refractivity (Wildman–Crippen MR) is 92.9 cm³/mol. The minimum absolute atomic E-state index is 0.0281. The molecule has 26 heavy (non-hydrogen) atoms. The number of carbonyl (C=O) groups excluding carboxylic acids is 3. The van der Waals surface area contributed by atoms with E-state index in [1.807, 2.05) is 0 Å². The van der Waals surface area contributed by atoms with Gasteiger partial charge in [-0.2, -0.15) is 0 Å². The lowest BCUT2D eigenvalue weighted by Crippen LogP contribution is -2.43. The highest BCUT2D eigenvalue weighted by molar-refractivity contribution is 8.14. The van der Waals surface area contributed by atoms with E-state index in [4.69, 9.17) is 0 Å². The number of hydrogen-bond donors (Lipinski definition) is 1. The lowest BCUT2D eigenvalue weighted by Gasteiger charge is -2.16. The maximum Gasteiger partial charge on any atom is 0.329 e. The first-order chi connectivity index (χ1) is 12.4. The third-order valence-corrected chi connectivity index (χ3v) is 4.32. The number of methoxy groups -OCH3 is 1. The highest BCUT2D eigenvalue weighted by Crippen LogP contribution is 2.15. The first-order valence-electron chi connectivity index (χ1n) is 7.47. The van der Waals surface area contributed by atoms with Gasteiger partial charge in [-0.15, -0.1) is 0 Å². The van der Waals surface area contributed by atoms with Crippen molar-refractivity contribution in [3.05, 3.63) is 71.3 Å². The fourth-order valence-electron chi connectivity index (χ4n) is 2.04. The van der Waals surface area contributed by atoms with Gasteiger partial charge in [-0.1, -0.05) is 30.0 Å². The molecule has 0 saturated heterocycles. The molecule has 2 rings (SSSR count). The minimum Gasteiger partial charge on any atom is -0.467 e. The van der Waals surface area contributed by atoms with Crippen molar-refractivity contribution in [2.24, 2.45) is 0 Å². The van der Waals surface area contributed by atoms with E-state index < -0.39 is 34.7 Å². The molecule has 0 aliphatic heterocycles. The van der Waals surface area contributed by atoms with Gasteiger partial charge in [0.2, 0.25) is 5.12 Å². The van der Waals surface area contributed by atoms with E-state index in [0.717, 1.165) is 31.0 Å². The van der Waals surface area contributed by atoms with Crippen molar-refractivity contribution in [2.45, 2.75) is 6.04 Å². The summed E-state index contributed by atoms with van der Waals surface area (Å²) >= 11 is 0.735. The molecule has 0 aliphatic rings. The quantitative estimate of drug-likeness (QED) is 0.782. The number of benzene rings is 2. The van der Waals surface area contributed by atoms with Crippen molar-refractivity contribution in [1.29, 1.82) is 0 Å². The van der Waals surface area contributed by atoms with E-state index in [2.05, 4.69) is 10.1 Å². The van der Waals surface area contributed by atoms with Crippen molar-refractivity contribution in [3.8, 4) is 0 Å². The second-order valence-corrected chi connectivity index (χ2v) is 6.16. The first kappa shape index (κ1) is 19.6. The van der Waals surface area contributed by atoms with E-state index in [-0.39, 0.29) is 16.9 Å². The van der Waals surface area contributed by atoms with Gasteiger partial charge in [-0.05, 0) is 30.3 Å². The Bertz CT molecular complexity index is 828. The van der Waals surface area contributed by atoms with Gasteiger partial charge in [-0.25, -0.2) is 13.6 Å². The van der Waals surface area contributed by atoms with Crippen LogP contribution in [0.15, 0.2) is 48.5 Å². The zero-order valence-corrected chi connectivity index (χ0v) is 14.5. The second-order valence-electron chi connectivity index (χ2n) is 5.17. The van der Waals surface area contributed by atoms with Gasteiger partial charge >= 0.3 is 5.97 Å². The summed E-state index contributed by atoms with van der Waals surface area (Å²) in [6.07, 6.45) is 0. The summed E-state index contributed by atoms with van der Waals surface area (Å²) < 4.78 is 31.0. The van der Waals surface area contributed by atoms with E-state index >= 15 is 0 Å². The minimum atomic E-state index is -1.13. The average Bonchev–Trinajstić information content (AvgIpc) is 2.64. The molecule has 2 aromatic carbocycles. The molecule has 0 unspecified atom stereocenters. The fourth-order valence-corrected chi connectivity index (χ4v) is 2.87. The zero-order chi connectivity index (χ0) is 19.1. The molecule has 1 N–H and O–H groups in total. The third kappa shape index (κ3) is 5.38. The molecule has 0 heterocycles. The number of amides is 1. The SMILES string of the molecule is COC(=O)[C@H](CSC(=O)c1cccc(F)c1)NC(=O)c1cccc(F)c1. The van der Waals surface area contributed by atoms with Crippen molar-refractivity contribution >= 4 is 28.8 Å². The van der Waals surface area contributed by atoms with E-state index in [1.54, 1.807) is 0 Å².